The van der Waals surface area contributed by atoms with Gasteiger partial charge in [0.15, 0.2) is 11.6 Å². The first-order chi connectivity index (χ1) is 15.0. The number of aromatic nitrogens is 6. The average Bonchev–Trinajstić information content (AvgIpc) is 3.37. The van der Waals surface area contributed by atoms with Crippen LogP contribution in [0.4, 0.5) is 8.78 Å². The molecule has 8 nitrogen and oxygen atoms in total. The first-order valence-corrected chi connectivity index (χ1v) is 9.44. The molecule has 0 saturated carbocycles. The lowest BCUT2D eigenvalue weighted by Gasteiger charge is -2.09. The van der Waals surface area contributed by atoms with E-state index in [2.05, 4.69) is 25.0 Å². The van der Waals surface area contributed by atoms with E-state index >= 15 is 0 Å². The van der Waals surface area contributed by atoms with Crippen molar-refractivity contribution in [3.05, 3.63) is 60.3 Å². The first-order valence-electron chi connectivity index (χ1n) is 9.44. The molecular weight excluding hydrogens is 406 g/mol. The summed E-state index contributed by atoms with van der Waals surface area (Å²) >= 11 is 0. The molecule has 0 atom stereocenters. The minimum atomic E-state index is -0.855. The van der Waals surface area contributed by atoms with E-state index in [1.54, 1.807) is 48.4 Å². The van der Waals surface area contributed by atoms with Gasteiger partial charge in [-0.25, -0.2) is 18.7 Å². The Morgan fingerprint density at radius 1 is 1.10 bits per heavy atom. The van der Waals surface area contributed by atoms with Crippen LogP contribution >= 0.6 is 0 Å². The van der Waals surface area contributed by atoms with Gasteiger partial charge in [0.2, 0.25) is 5.75 Å². The van der Waals surface area contributed by atoms with E-state index in [4.69, 9.17) is 9.84 Å². The highest BCUT2D eigenvalue weighted by Crippen LogP contribution is 2.33. The Hall–Kier alpha value is -3.92. The van der Waals surface area contributed by atoms with Gasteiger partial charge >= 0.3 is 0 Å². The second-order valence-corrected chi connectivity index (χ2v) is 6.94. The number of fused-ring (bicyclic) bond motifs is 2. The second kappa shape index (κ2) is 7.40. The van der Waals surface area contributed by atoms with Crippen LogP contribution in [-0.4, -0.2) is 41.4 Å². The molecule has 3 aromatic heterocycles. The Bertz CT molecular complexity index is 1430. The van der Waals surface area contributed by atoms with Gasteiger partial charge in [-0.15, -0.1) is 0 Å². The monoisotopic (exact) mass is 422 g/mol. The van der Waals surface area contributed by atoms with Gasteiger partial charge in [-0.05, 0) is 19.1 Å². The van der Waals surface area contributed by atoms with Crippen LogP contribution in [0.25, 0.3) is 33.3 Å². The van der Waals surface area contributed by atoms with Gasteiger partial charge in [-0.3, -0.25) is 9.67 Å². The van der Waals surface area contributed by atoms with Crippen molar-refractivity contribution in [3.8, 4) is 22.8 Å². The Balaban J connectivity index is 1.51. The summed E-state index contributed by atoms with van der Waals surface area (Å²) in [4.78, 5) is 15.7. The van der Waals surface area contributed by atoms with Crippen molar-refractivity contribution >= 4 is 22.1 Å². The molecule has 0 amide bonds. The zero-order valence-corrected chi connectivity index (χ0v) is 16.3. The summed E-state index contributed by atoms with van der Waals surface area (Å²) < 4.78 is 36.4. The number of benzene rings is 2. The summed E-state index contributed by atoms with van der Waals surface area (Å²) in [6, 6.07) is 5.91. The number of halogens is 2. The minimum Gasteiger partial charge on any atom is -0.451 e. The Morgan fingerprint density at radius 2 is 1.97 bits per heavy atom. The third-order valence-corrected chi connectivity index (χ3v) is 4.74. The molecule has 10 heteroatoms. The second-order valence-electron chi connectivity index (χ2n) is 6.94. The first kappa shape index (κ1) is 19.1. The molecule has 156 valence electrons. The highest BCUT2D eigenvalue weighted by molar-refractivity contribution is 5.80. The number of hydrogen-bond donors (Lipinski definition) is 2. The average molecular weight is 422 g/mol. The fourth-order valence-electron chi connectivity index (χ4n) is 3.31. The van der Waals surface area contributed by atoms with Crippen molar-refractivity contribution in [3.63, 3.8) is 0 Å². The summed E-state index contributed by atoms with van der Waals surface area (Å²) in [6.45, 7) is 2.00. The molecule has 5 aromatic rings. The molecule has 2 N–H and O–H groups in total. The van der Waals surface area contributed by atoms with Crippen LogP contribution in [0.5, 0.6) is 11.5 Å². The van der Waals surface area contributed by atoms with E-state index < -0.39 is 17.4 Å². The van der Waals surface area contributed by atoms with Crippen molar-refractivity contribution in [1.29, 1.82) is 0 Å². The summed E-state index contributed by atoms with van der Waals surface area (Å²) in [5, 5.41) is 13.2. The van der Waals surface area contributed by atoms with Crippen LogP contribution in [0, 0.1) is 18.6 Å². The fraction of sp³-hybridized carbons (Fsp3) is 0.143. The normalized spacial score (nSPS) is 11.5. The number of ether oxygens (including phenoxy) is 1. The van der Waals surface area contributed by atoms with Crippen LogP contribution in [0.2, 0.25) is 0 Å². The molecule has 0 spiro atoms. The maximum atomic E-state index is 14.8. The number of aliphatic hydroxyl groups is 1. The SMILES string of the molecule is Cc1nc2cc(F)c(Oc3ccc4ncc(-c5cnn(CCO)c5)nc4c3)c(F)c2[nH]1. The van der Waals surface area contributed by atoms with Crippen molar-refractivity contribution in [2.45, 2.75) is 13.5 Å². The molecule has 0 bridgehead atoms. The highest BCUT2D eigenvalue weighted by atomic mass is 19.1. The maximum absolute atomic E-state index is 14.8. The molecule has 2 aromatic carbocycles. The lowest BCUT2D eigenvalue weighted by Crippen LogP contribution is -2.01. The number of rotatable bonds is 5. The van der Waals surface area contributed by atoms with Crippen molar-refractivity contribution in [2.75, 3.05) is 6.61 Å². The van der Waals surface area contributed by atoms with Crippen LogP contribution in [-0.2, 0) is 6.54 Å². The van der Waals surface area contributed by atoms with Gasteiger partial charge in [0.25, 0.3) is 0 Å². The van der Waals surface area contributed by atoms with Gasteiger partial charge in [-0.2, -0.15) is 5.10 Å². The van der Waals surface area contributed by atoms with E-state index in [0.717, 1.165) is 11.6 Å². The van der Waals surface area contributed by atoms with E-state index in [1.165, 1.54) is 0 Å². The number of H-pyrrole nitrogens is 1. The number of aryl methyl sites for hydroxylation is 1. The van der Waals surface area contributed by atoms with E-state index in [1.807, 2.05) is 0 Å². The molecule has 0 aliphatic rings. The van der Waals surface area contributed by atoms with E-state index in [0.29, 0.717) is 29.1 Å². The fourth-order valence-corrected chi connectivity index (χ4v) is 3.31. The number of hydrogen-bond acceptors (Lipinski definition) is 6. The molecule has 5 rings (SSSR count). The Labute approximate surface area is 174 Å². The summed E-state index contributed by atoms with van der Waals surface area (Å²) in [5.41, 5.74) is 2.66. The number of aromatic amines is 1. The van der Waals surface area contributed by atoms with Crippen molar-refractivity contribution in [1.82, 2.24) is 29.7 Å². The zero-order chi connectivity index (χ0) is 21.5. The molecular formula is C21H16F2N6O2. The summed E-state index contributed by atoms with van der Waals surface area (Å²) in [7, 11) is 0. The molecule has 31 heavy (non-hydrogen) atoms. The topological polar surface area (TPSA) is 102 Å². The van der Waals surface area contributed by atoms with Crippen molar-refractivity contribution in [2.24, 2.45) is 0 Å². The Morgan fingerprint density at radius 3 is 2.81 bits per heavy atom. The van der Waals surface area contributed by atoms with Gasteiger partial charge < -0.3 is 14.8 Å². The largest absolute Gasteiger partial charge is 0.451 e. The summed E-state index contributed by atoms with van der Waals surface area (Å²) in [5.74, 6) is -1.55. The van der Waals surface area contributed by atoms with Crippen LogP contribution < -0.4 is 4.74 Å². The van der Waals surface area contributed by atoms with Crippen LogP contribution in [0.15, 0.2) is 42.9 Å². The van der Waals surface area contributed by atoms with Crippen LogP contribution in [0.1, 0.15) is 5.82 Å². The minimum absolute atomic E-state index is 0.0256. The zero-order valence-electron chi connectivity index (χ0n) is 16.3. The number of nitrogens with zero attached hydrogens (tertiary/aromatic N) is 5. The smallest absolute Gasteiger partial charge is 0.200 e. The highest BCUT2D eigenvalue weighted by Gasteiger charge is 2.19. The number of aliphatic hydroxyl groups excluding tert-OH is 1. The third kappa shape index (κ3) is 3.46. The van der Waals surface area contributed by atoms with Gasteiger partial charge in [0, 0.05) is 23.9 Å². The molecule has 0 radical (unpaired) electrons. The predicted molar refractivity (Wildman–Crippen MR) is 109 cm³/mol. The molecule has 0 fully saturated rings. The molecule has 0 aliphatic carbocycles. The van der Waals surface area contributed by atoms with Crippen molar-refractivity contribution < 1.29 is 18.6 Å². The predicted octanol–water partition coefficient (Wildman–Crippen LogP) is 3.74. The van der Waals surface area contributed by atoms with Crippen LogP contribution in [0.3, 0.4) is 0 Å². The Kier molecular flexibility index (Phi) is 4.55. The molecule has 3 heterocycles. The lowest BCUT2D eigenvalue weighted by atomic mass is 10.2. The van der Waals surface area contributed by atoms with Gasteiger partial charge in [0.05, 0.1) is 47.8 Å². The maximum Gasteiger partial charge on any atom is 0.200 e. The van der Waals surface area contributed by atoms with Gasteiger partial charge in [0.1, 0.15) is 17.1 Å². The van der Waals surface area contributed by atoms with Gasteiger partial charge in [-0.1, -0.05) is 0 Å². The quantitative estimate of drug-likeness (QED) is 0.447. The molecule has 0 aliphatic heterocycles. The summed E-state index contributed by atoms with van der Waals surface area (Å²) in [6.07, 6.45) is 4.98. The number of nitrogens with one attached hydrogen (secondary N) is 1. The lowest BCUT2D eigenvalue weighted by molar-refractivity contribution is 0.269. The molecule has 0 saturated heterocycles. The van der Waals surface area contributed by atoms with E-state index in [-0.39, 0.29) is 23.4 Å². The molecule has 0 unspecified atom stereocenters. The third-order valence-electron chi connectivity index (χ3n) is 4.74. The number of imidazole rings is 1. The standard InChI is InChI=1S/C21H16F2N6O2/c1-11-26-17-7-14(22)21(19(23)20(17)27-11)31-13-2-3-15-16(6-13)28-18(9-24-15)12-8-25-29(10-12)4-5-30/h2-3,6-10,30H,4-5H2,1H3,(H,26,27). The van der Waals surface area contributed by atoms with E-state index in [9.17, 15) is 8.78 Å².